The van der Waals surface area contributed by atoms with Gasteiger partial charge in [0, 0.05) is 23.1 Å². The molecule has 0 saturated carbocycles. The quantitative estimate of drug-likeness (QED) is 0.533. The molecule has 4 rings (SSSR count). The zero-order valence-electron chi connectivity index (χ0n) is 15.1. The molecule has 144 valence electrons. The first kappa shape index (κ1) is 19.1. The fourth-order valence-electron chi connectivity index (χ4n) is 3.33. The number of hydrogen-bond donors (Lipinski definition) is 0. The predicted molar refractivity (Wildman–Crippen MR) is 112 cm³/mol. The molecule has 0 aliphatic carbocycles. The fourth-order valence-corrected chi connectivity index (χ4v) is 4.47. The van der Waals surface area contributed by atoms with Crippen molar-refractivity contribution in [3.8, 4) is 0 Å². The molecule has 5 nitrogen and oxygen atoms in total. The number of carbonyl (C=O) groups is 2. The fraction of sp³-hybridized carbons (Fsp3) is 0.286. The summed E-state index contributed by atoms with van der Waals surface area (Å²) >= 11 is 4.92. The summed E-state index contributed by atoms with van der Waals surface area (Å²) in [5.41, 5.74) is 1.60. The van der Waals surface area contributed by atoms with Crippen molar-refractivity contribution in [1.82, 2.24) is 9.88 Å². The van der Waals surface area contributed by atoms with Crippen LogP contribution in [0.3, 0.4) is 0 Å². The van der Waals surface area contributed by atoms with Crippen LogP contribution < -0.4 is 0 Å². The number of rotatable bonds is 4. The number of ether oxygens (including phenoxy) is 1. The van der Waals surface area contributed by atoms with Crippen LogP contribution in [0.2, 0.25) is 0 Å². The van der Waals surface area contributed by atoms with Crippen molar-refractivity contribution in [3.05, 3.63) is 63.6 Å². The molecule has 1 aliphatic heterocycles. The third kappa shape index (κ3) is 4.25. The van der Waals surface area contributed by atoms with Crippen LogP contribution in [0.1, 0.15) is 28.2 Å². The highest BCUT2D eigenvalue weighted by Crippen LogP contribution is 2.24. The number of benzene rings is 2. The van der Waals surface area contributed by atoms with Crippen molar-refractivity contribution in [2.45, 2.75) is 19.4 Å². The van der Waals surface area contributed by atoms with E-state index in [9.17, 15) is 9.59 Å². The van der Waals surface area contributed by atoms with Gasteiger partial charge in [-0.1, -0.05) is 28.1 Å². The van der Waals surface area contributed by atoms with Crippen LogP contribution in [0.5, 0.6) is 0 Å². The van der Waals surface area contributed by atoms with E-state index in [-0.39, 0.29) is 24.4 Å². The number of nitrogens with zero attached hydrogens (tertiary/aromatic N) is 2. The number of halogens is 1. The molecule has 0 N–H and O–H groups in total. The molecule has 1 amide bonds. The van der Waals surface area contributed by atoms with Crippen LogP contribution in [0.4, 0.5) is 0 Å². The second kappa shape index (κ2) is 8.41. The van der Waals surface area contributed by atoms with Gasteiger partial charge < -0.3 is 9.64 Å². The summed E-state index contributed by atoms with van der Waals surface area (Å²) in [6.45, 7) is 1.34. The molecule has 7 heteroatoms. The Morgan fingerprint density at radius 3 is 2.54 bits per heavy atom. The van der Waals surface area contributed by atoms with E-state index in [1.807, 2.05) is 48.5 Å². The SMILES string of the molecule is O=C(OCc1nc2ccccc2s1)C1CCN(C(=O)c2ccc(Br)cc2)CC1. The molecule has 0 radical (unpaired) electrons. The number of aromatic nitrogens is 1. The molecule has 2 aromatic carbocycles. The molecule has 1 aliphatic rings. The lowest BCUT2D eigenvalue weighted by molar-refractivity contribution is -0.151. The smallest absolute Gasteiger partial charge is 0.309 e. The minimum atomic E-state index is -0.199. The largest absolute Gasteiger partial charge is 0.458 e. The normalized spacial score (nSPS) is 15.0. The van der Waals surface area contributed by atoms with Crippen LogP contribution in [-0.2, 0) is 16.1 Å². The molecular formula is C21H19BrN2O3S. The molecule has 0 bridgehead atoms. The van der Waals surface area contributed by atoms with Gasteiger partial charge in [0.25, 0.3) is 5.91 Å². The molecule has 0 unspecified atom stereocenters. The number of fused-ring (bicyclic) bond motifs is 1. The van der Waals surface area contributed by atoms with E-state index in [1.54, 1.807) is 16.2 Å². The maximum atomic E-state index is 12.6. The maximum absolute atomic E-state index is 12.6. The minimum absolute atomic E-state index is 0.00814. The molecule has 3 aromatic rings. The monoisotopic (exact) mass is 458 g/mol. The highest BCUT2D eigenvalue weighted by Gasteiger charge is 2.29. The Morgan fingerprint density at radius 1 is 1.11 bits per heavy atom. The summed E-state index contributed by atoms with van der Waals surface area (Å²) in [6, 6.07) is 15.2. The van der Waals surface area contributed by atoms with Crippen LogP contribution in [0.25, 0.3) is 10.2 Å². The molecule has 2 heterocycles. The molecule has 0 spiro atoms. The third-order valence-electron chi connectivity index (χ3n) is 4.88. The van der Waals surface area contributed by atoms with E-state index in [4.69, 9.17) is 4.74 Å². The summed E-state index contributed by atoms with van der Waals surface area (Å²) < 4.78 is 7.53. The Hall–Kier alpha value is -2.25. The van der Waals surface area contributed by atoms with Crippen molar-refractivity contribution in [2.24, 2.45) is 5.92 Å². The second-order valence-corrected chi connectivity index (χ2v) is 8.79. The van der Waals surface area contributed by atoms with Crippen molar-refractivity contribution in [2.75, 3.05) is 13.1 Å². The van der Waals surface area contributed by atoms with Gasteiger partial charge in [0.05, 0.1) is 16.1 Å². The first-order valence-electron chi connectivity index (χ1n) is 9.16. The van der Waals surface area contributed by atoms with Gasteiger partial charge in [-0.05, 0) is 49.2 Å². The van der Waals surface area contributed by atoms with Gasteiger partial charge in [0.1, 0.15) is 11.6 Å². The van der Waals surface area contributed by atoms with Gasteiger partial charge in [-0.3, -0.25) is 9.59 Å². The van der Waals surface area contributed by atoms with E-state index in [1.165, 1.54) is 0 Å². The van der Waals surface area contributed by atoms with Crippen molar-refractivity contribution in [1.29, 1.82) is 0 Å². The average Bonchev–Trinajstić information content (AvgIpc) is 3.15. The van der Waals surface area contributed by atoms with Gasteiger partial charge in [0.2, 0.25) is 0 Å². The lowest BCUT2D eigenvalue weighted by Gasteiger charge is -2.31. The number of para-hydroxylation sites is 1. The zero-order valence-corrected chi connectivity index (χ0v) is 17.5. The van der Waals surface area contributed by atoms with Crippen LogP contribution in [0, 0.1) is 5.92 Å². The minimum Gasteiger partial charge on any atom is -0.458 e. The van der Waals surface area contributed by atoms with E-state index in [0.717, 1.165) is 19.7 Å². The second-order valence-electron chi connectivity index (χ2n) is 6.76. The Morgan fingerprint density at radius 2 is 1.82 bits per heavy atom. The number of carbonyl (C=O) groups excluding carboxylic acids is 2. The zero-order chi connectivity index (χ0) is 19.5. The van der Waals surface area contributed by atoms with Crippen LogP contribution in [0.15, 0.2) is 53.0 Å². The van der Waals surface area contributed by atoms with E-state index in [2.05, 4.69) is 20.9 Å². The Bertz CT molecular complexity index is 961. The molecular weight excluding hydrogens is 440 g/mol. The maximum Gasteiger partial charge on any atom is 0.309 e. The first-order chi connectivity index (χ1) is 13.6. The summed E-state index contributed by atoms with van der Waals surface area (Å²) in [6.07, 6.45) is 1.25. The number of likely N-dealkylation sites (tertiary alicyclic amines) is 1. The lowest BCUT2D eigenvalue weighted by atomic mass is 9.96. The highest BCUT2D eigenvalue weighted by molar-refractivity contribution is 9.10. The molecule has 1 fully saturated rings. The van der Waals surface area contributed by atoms with Crippen LogP contribution >= 0.6 is 27.3 Å². The average molecular weight is 459 g/mol. The van der Waals surface area contributed by atoms with Crippen molar-refractivity contribution >= 4 is 49.4 Å². The lowest BCUT2D eigenvalue weighted by Crippen LogP contribution is -2.40. The Labute approximate surface area is 175 Å². The molecule has 1 aromatic heterocycles. The van der Waals surface area contributed by atoms with Gasteiger partial charge >= 0.3 is 5.97 Å². The van der Waals surface area contributed by atoms with Gasteiger partial charge in [-0.2, -0.15) is 0 Å². The number of piperidine rings is 1. The van der Waals surface area contributed by atoms with E-state index >= 15 is 0 Å². The number of thiazole rings is 1. The molecule has 0 atom stereocenters. The topological polar surface area (TPSA) is 59.5 Å². The number of hydrogen-bond acceptors (Lipinski definition) is 5. The van der Waals surface area contributed by atoms with Crippen molar-refractivity contribution < 1.29 is 14.3 Å². The van der Waals surface area contributed by atoms with Crippen molar-refractivity contribution in [3.63, 3.8) is 0 Å². The summed E-state index contributed by atoms with van der Waals surface area (Å²) in [5, 5.41) is 0.803. The molecule has 1 saturated heterocycles. The predicted octanol–water partition coefficient (Wildman–Crippen LogP) is 4.65. The van der Waals surface area contributed by atoms with Gasteiger partial charge in [-0.15, -0.1) is 11.3 Å². The Kier molecular flexibility index (Phi) is 5.73. The van der Waals surface area contributed by atoms with Gasteiger partial charge in [0.15, 0.2) is 0 Å². The number of amides is 1. The van der Waals surface area contributed by atoms with E-state index in [0.29, 0.717) is 31.5 Å². The van der Waals surface area contributed by atoms with Crippen LogP contribution in [-0.4, -0.2) is 34.8 Å². The summed E-state index contributed by atoms with van der Waals surface area (Å²) in [4.78, 5) is 31.3. The van der Waals surface area contributed by atoms with E-state index < -0.39 is 0 Å². The van der Waals surface area contributed by atoms with Gasteiger partial charge in [-0.25, -0.2) is 4.98 Å². The third-order valence-corrected chi connectivity index (χ3v) is 6.42. The standard InChI is InChI=1S/C21H19BrN2O3S/c22-16-7-5-14(6-8-16)20(25)24-11-9-15(10-12-24)21(26)27-13-19-23-17-3-1-2-4-18(17)28-19/h1-8,15H,9-13H2. The summed E-state index contributed by atoms with van der Waals surface area (Å²) in [7, 11) is 0. The Balaban J connectivity index is 1.28. The number of esters is 1. The highest BCUT2D eigenvalue weighted by atomic mass is 79.9. The first-order valence-corrected chi connectivity index (χ1v) is 10.8. The summed E-state index contributed by atoms with van der Waals surface area (Å²) in [5.74, 6) is -0.355. The molecule has 28 heavy (non-hydrogen) atoms.